The van der Waals surface area contributed by atoms with Crippen LogP contribution in [0.25, 0.3) is 11.1 Å². The molecule has 2 aliphatic rings. The van der Waals surface area contributed by atoms with Gasteiger partial charge in [0.2, 0.25) is 5.91 Å². The molecule has 1 N–H and O–H groups in total. The number of nitrogens with zero attached hydrogens (tertiary/aromatic N) is 3. The number of aromatic nitrogens is 1. The van der Waals surface area contributed by atoms with Crippen molar-refractivity contribution in [3.05, 3.63) is 60.0 Å². The zero-order chi connectivity index (χ0) is 25.3. The Kier molecular flexibility index (Phi) is 6.93. The molecule has 1 aromatic carbocycles. The summed E-state index contributed by atoms with van der Waals surface area (Å²) < 4.78 is 7.55. The highest BCUT2D eigenvalue weighted by molar-refractivity contribution is 6.02. The van der Waals surface area contributed by atoms with Crippen LogP contribution in [0.3, 0.4) is 0 Å². The van der Waals surface area contributed by atoms with E-state index in [2.05, 4.69) is 48.5 Å². The minimum Gasteiger partial charge on any atom is -0.463 e. The molecule has 1 aliphatic carbocycles. The summed E-state index contributed by atoms with van der Waals surface area (Å²) >= 11 is 0. The molecular weight excluding hydrogens is 452 g/mol. The van der Waals surface area contributed by atoms with Crippen LogP contribution in [0, 0.1) is 5.92 Å². The molecule has 3 atom stereocenters. The van der Waals surface area contributed by atoms with Gasteiger partial charge in [-0.25, -0.2) is 0 Å². The average Bonchev–Trinajstić information content (AvgIpc) is 3.46. The van der Waals surface area contributed by atoms with Gasteiger partial charge in [-0.2, -0.15) is 0 Å². The number of carbonyl (C=O) groups is 2. The summed E-state index contributed by atoms with van der Waals surface area (Å²) in [4.78, 5) is 31.7. The number of hydrogen-bond acceptors (Lipinski definition) is 4. The van der Waals surface area contributed by atoms with E-state index in [-0.39, 0.29) is 17.9 Å². The highest BCUT2D eigenvalue weighted by atomic mass is 16.3. The Labute approximate surface area is 213 Å². The second-order valence-corrected chi connectivity index (χ2v) is 10.9. The van der Waals surface area contributed by atoms with Crippen LogP contribution < -0.4 is 5.32 Å². The first-order valence-electron chi connectivity index (χ1n) is 13.3. The fraction of sp³-hybridized carbons (Fsp3) is 0.517. The smallest absolute Gasteiger partial charge is 0.271 e. The first kappa shape index (κ1) is 24.6. The maximum Gasteiger partial charge on any atom is 0.271 e. The lowest BCUT2D eigenvalue weighted by atomic mass is 9.85. The van der Waals surface area contributed by atoms with E-state index in [1.807, 2.05) is 29.7 Å². The van der Waals surface area contributed by atoms with E-state index in [1.54, 1.807) is 11.2 Å². The number of carbonyl (C=O) groups excluding carboxylic acids is 2. The second kappa shape index (κ2) is 10.1. The van der Waals surface area contributed by atoms with Crippen molar-refractivity contribution in [3.8, 4) is 0 Å². The van der Waals surface area contributed by atoms with Crippen molar-refractivity contribution in [3.63, 3.8) is 0 Å². The van der Waals surface area contributed by atoms with Crippen LogP contribution >= 0.6 is 0 Å². The Morgan fingerprint density at radius 1 is 1.19 bits per heavy atom. The topological polar surface area (TPSA) is 70.7 Å². The molecule has 192 valence electrons. The highest BCUT2D eigenvalue weighted by Gasteiger charge is 2.48. The number of nitrogens with one attached hydrogen (secondary N) is 1. The first-order valence-corrected chi connectivity index (χ1v) is 13.3. The van der Waals surface area contributed by atoms with Crippen LogP contribution in [0.1, 0.15) is 62.0 Å². The molecule has 5 rings (SSSR count). The molecule has 7 heteroatoms. The summed E-state index contributed by atoms with van der Waals surface area (Å²) in [5.41, 5.74) is 2.44. The van der Waals surface area contributed by atoms with Gasteiger partial charge in [-0.15, -0.1) is 0 Å². The van der Waals surface area contributed by atoms with E-state index in [9.17, 15) is 9.59 Å². The third kappa shape index (κ3) is 4.69. The van der Waals surface area contributed by atoms with Crippen molar-refractivity contribution >= 4 is 22.9 Å². The molecule has 0 saturated heterocycles. The van der Waals surface area contributed by atoms with Gasteiger partial charge in [-0.1, -0.05) is 50.1 Å². The molecule has 36 heavy (non-hydrogen) atoms. The van der Waals surface area contributed by atoms with E-state index in [1.165, 1.54) is 12.0 Å². The van der Waals surface area contributed by atoms with E-state index < -0.39 is 5.54 Å². The molecule has 7 nitrogen and oxygen atoms in total. The predicted molar refractivity (Wildman–Crippen MR) is 141 cm³/mol. The summed E-state index contributed by atoms with van der Waals surface area (Å²) in [6.45, 7) is 6.78. The maximum atomic E-state index is 13.9. The van der Waals surface area contributed by atoms with Gasteiger partial charge >= 0.3 is 0 Å². The molecule has 0 radical (unpaired) electrons. The van der Waals surface area contributed by atoms with Gasteiger partial charge in [0.05, 0.1) is 18.3 Å². The Bertz CT molecular complexity index is 1220. The minimum absolute atomic E-state index is 0.0526. The van der Waals surface area contributed by atoms with Crippen LogP contribution in [-0.4, -0.2) is 57.9 Å². The van der Waals surface area contributed by atoms with Crippen LogP contribution in [0.15, 0.2) is 53.1 Å². The van der Waals surface area contributed by atoms with E-state index in [0.717, 1.165) is 44.3 Å². The Hall–Kier alpha value is -3.06. The molecule has 3 aromatic rings. The predicted octanol–water partition coefficient (Wildman–Crippen LogP) is 4.67. The first-order chi connectivity index (χ1) is 17.4. The van der Waals surface area contributed by atoms with Crippen molar-refractivity contribution in [1.82, 2.24) is 19.7 Å². The number of hydrogen-bond donors (Lipinski definition) is 1. The van der Waals surface area contributed by atoms with Crippen LogP contribution in [0.5, 0.6) is 0 Å². The van der Waals surface area contributed by atoms with Gasteiger partial charge in [0.25, 0.3) is 5.91 Å². The van der Waals surface area contributed by atoms with Crippen molar-refractivity contribution in [2.75, 3.05) is 20.1 Å². The number of fused-ring (bicyclic) bond motifs is 3. The van der Waals surface area contributed by atoms with Crippen molar-refractivity contribution in [1.29, 1.82) is 0 Å². The van der Waals surface area contributed by atoms with Crippen molar-refractivity contribution < 1.29 is 14.0 Å². The Morgan fingerprint density at radius 3 is 2.75 bits per heavy atom. The number of furan rings is 1. The number of amides is 2. The van der Waals surface area contributed by atoms with Gasteiger partial charge in [-0.3, -0.25) is 9.59 Å². The highest BCUT2D eigenvalue weighted by Crippen LogP contribution is 2.34. The molecule has 1 aliphatic heterocycles. The molecular formula is C29H38N4O3. The monoisotopic (exact) mass is 490 g/mol. The molecule has 1 fully saturated rings. The second-order valence-electron chi connectivity index (χ2n) is 10.9. The third-order valence-electron chi connectivity index (χ3n) is 8.18. The lowest BCUT2D eigenvalue weighted by molar-refractivity contribution is -0.134. The summed E-state index contributed by atoms with van der Waals surface area (Å²) in [5.74, 6) is 0.296. The standard InChI is InChI=1S/C29H38N4O3/c1-21-10-7-8-13-23(21)30-28(35)29(2)20-32-24-14-17-36-26(24)18-25(32)27(34)33(29)16-9-15-31(3)19-22-11-5-4-6-12-22/h4-6,11-12,14,17-18,21,23H,7-10,13,15-16,19-20H2,1-3H3,(H,30,35)/t21-,23-,29-/m1/s1. The van der Waals surface area contributed by atoms with Gasteiger partial charge in [0.1, 0.15) is 11.2 Å². The molecule has 0 bridgehead atoms. The third-order valence-corrected chi connectivity index (χ3v) is 8.18. The van der Waals surface area contributed by atoms with Crippen molar-refractivity contribution in [2.45, 2.75) is 70.6 Å². The molecule has 0 spiro atoms. The van der Waals surface area contributed by atoms with E-state index in [4.69, 9.17) is 4.42 Å². The maximum absolute atomic E-state index is 13.9. The summed E-state index contributed by atoms with van der Waals surface area (Å²) in [7, 11) is 2.10. The average molecular weight is 491 g/mol. The number of rotatable bonds is 8. The summed E-state index contributed by atoms with van der Waals surface area (Å²) in [6, 6.07) is 14.2. The largest absolute Gasteiger partial charge is 0.463 e. The SMILES string of the molecule is C[C@@H]1CCCC[C@H]1NC(=O)[C@@]1(C)Cn2c(cc3occc32)C(=O)N1CCCN(C)Cc1ccccc1. The van der Waals surface area contributed by atoms with Gasteiger partial charge in [-0.05, 0) is 51.3 Å². The number of benzene rings is 1. The van der Waals surface area contributed by atoms with Gasteiger partial charge < -0.3 is 24.1 Å². The normalized spacial score (nSPS) is 24.3. The van der Waals surface area contributed by atoms with Crippen LogP contribution in [0.4, 0.5) is 0 Å². The van der Waals surface area contributed by atoms with Gasteiger partial charge in [0.15, 0.2) is 5.58 Å². The molecule has 3 heterocycles. The van der Waals surface area contributed by atoms with Crippen molar-refractivity contribution in [2.24, 2.45) is 5.92 Å². The zero-order valence-corrected chi connectivity index (χ0v) is 21.7. The lowest BCUT2D eigenvalue weighted by Gasteiger charge is -2.45. The van der Waals surface area contributed by atoms with E-state index in [0.29, 0.717) is 30.3 Å². The molecule has 2 aromatic heterocycles. The molecule has 0 unspecified atom stereocenters. The van der Waals surface area contributed by atoms with Crippen LogP contribution in [-0.2, 0) is 17.9 Å². The lowest BCUT2D eigenvalue weighted by Crippen LogP contribution is -2.65. The minimum atomic E-state index is -0.970. The Morgan fingerprint density at radius 2 is 1.97 bits per heavy atom. The summed E-state index contributed by atoms with van der Waals surface area (Å²) in [5, 5.41) is 3.35. The Balaban J connectivity index is 1.35. The quantitative estimate of drug-likeness (QED) is 0.498. The fourth-order valence-electron chi connectivity index (χ4n) is 5.95. The van der Waals surface area contributed by atoms with Gasteiger partial charge in [0, 0.05) is 31.3 Å². The van der Waals surface area contributed by atoms with E-state index >= 15 is 0 Å². The molecule has 1 saturated carbocycles. The van der Waals surface area contributed by atoms with Crippen LogP contribution in [0.2, 0.25) is 0 Å². The molecule has 2 amide bonds. The fourth-order valence-corrected chi connectivity index (χ4v) is 5.95. The summed E-state index contributed by atoms with van der Waals surface area (Å²) in [6.07, 6.45) is 6.92. The zero-order valence-electron chi connectivity index (χ0n) is 21.7.